The van der Waals surface area contributed by atoms with Crippen LogP contribution in [0.1, 0.15) is 31.7 Å². The maximum absolute atomic E-state index is 8.51. The second-order valence-electron chi connectivity index (χ2n) is 4.84. The van der Waals surface area contributed by atoms with Gasteiger partial charge in [0.1, 0.15) is 5.75 Å². The average Bonchev–Trinajstić information content (AvgIpc) is 2.67. The van der Waals surface area contributed by atoms with E-state index in [2.05, 4.69) is 0 Å². The second kappa shape index (κ2) is 4.68. The van der Waals surface area contributed by atoms with Crippen LogP contribution in [-0.2, 0) is 0 Å². The van der Waals surface area contributed by atoms with Crippen LogP contribution in [0.25, 0.3) is 10.8 Å². The fourth-order valence-corrected chi connectivity index (χ4v) is 2.73. The van der Waals surface area contributed by atoms with Gasteiger partial charge in [-0.1, -0.05) is 66.6 Å². The molecule has 0 aromatic heterocycles. The highest BCUT2D eigenvalue weighted by Crippen LogP contribution is 2.41. The summed E-state index contributed by atoms with van der Waals surface area (Å²) in [6, 6.07) is 8.19. The normalized spacial score (nSPS) is 21.7. The second-order valence-corrected chi connectivity index (χ2v) is 4.84. The lowest BCUT2D eigenvalue weighted by Gasteiger charge is -2.27. The standard InChI is InChI=1S/C19H16O/c1-2-6-14(7-3-1)16-12-13-20-19-17-9-5-4-8-15(17)10-11-18(16)19/h1-11,16H,12-13H2/i4D,5D,8D,9D,10D,11D. The molecule has 1 atom stereocenters. The van der Waals surface area contributed by atoms with Gasteiger partial charge in [-0.2, -0.15) is 0 Å². The van der Waals surface area contributed by atoms with E-state index in [1.807, 2.05) is 30.3 Å². The van der Waals surface area contributed by atoms with Crippen LogP contribution < -0.4 is 4.74 Å². The van der Waals surface area contributed by atoms with Crippen molar-refractivity contribution in [2.45, 2.75) is 12.3 Å². The molecule has 1 aliphatic heterocycles. The van der Waals surface area contributed by atoms with Crippen LogP contribution in [0.5, 0.6) is 5.75 Å². The van der Waals surface area contributed by atoms with E-state index in [0.717, 1.165) is 5.56 Å². The molecule has 1 heteroatoms. The average molecular weight is 266 g/mol. The Morgan fingerprint density at radius 2 is 1.85 bits per heavy atom. The molecule has 0 saturated heterocycles. The lowest BCUT2D eigenvalue weighted by molar-refractivity contribution is 0.280. The van der Waals surface area contributed by atoms with Crippen molar-refractivity contribution in [3.05, 3.63) is 77.7 Å². The summed E-state index contributed by atoms with van der Waals surface area (Å²) in [5.41, 5.74) is 1.54. The van der Waals surface area contributed by atoms with E-state index in [1.165, 1.54) is 0 Å². The van der Waals surface area contributed by atoms with Gasteiger partial charge in [-0.3, -0.25) is 0 Å². The van der Waals surface area contributed by atoms with E-state index in [4.69, 9.17) is 13.0 Å². The van der Waals surface area contributed by atoms with Gasteiger partial charge < -0.3 is 4.74 Å². The monoisotopic (exact) mass is 266 g/mol. The van der Waals surface area contributed by atoms with Gasteiger partial charge in [0.2, 0.25) is 0 Å². The van der Waals surface area contributed by atoms with Crippen molar-refractivity contribution in [1.82, 2.24) is 0 Å². The molecule has 98 valence electrons. The Morgan fingerprint density at radius 1 is 1.00 bits per heavy atom. The van der Waals surface area contributed by atoms with Crippen LogP contribution >= 0.6 is 0 Å². The van der Waals surface area contributed by atoms with Gasteiger partial charge in [-0.15, -0.1) is 0 Å². The molecule has 0 spiro atoms. The summed E-state index contributed by atoms with van der Waals surface area (Å²) in [5, 5.41) is 0.251. The number of ether oxygens (including phenoxy) is 1. The van der Waals surface area contributed by atoms with Gasteiger partial charge in [0, 0.05) is 16.9 Å². The Hall–Kier alpha value is -2.28. The smallest absolute Gasteiger partial charge is 0.130 e. The number of hydrogen-bond donors (Lipinski definition) is 0. The van der Waals surface area contributed by atoms with Gasteiger partial charge in [0.15, 0.2) is 0 Å². The Balaban J connectivity index is 2.14. The molecule has 3 aromatic carbocycles. The highest BCUT2D eigenvalue weighted by molar-refractivity contribution is 5.90. The number of rotatable bonds is 1. The van der Waals surface area contributed by atoms with Crippen LogP contribution in [0.2, 0.25) is 0 Å². The lowest BCUT2D eigenvalue weighted by Crippen LogP contribution is -2.15. The molecule has 1 aliphatic rings. The van der Waals surface area contributed by atoms with Gasteiger partial charge in [0.05, 0.1) is 14.8 Å². The van der Waals surface area contributed by atoms with Gasteiger partial charge in [-0.05, 0) is 17.4 Å². The Morgan fingerprint density at radius 3 is 2.75 bits per heavy atom. The molecule has 20 heavy (non-hydrogen) atoms. The topological polar surface area (TPSA) is 9.23 Å². The molecule has 4 rings (SSSR count). The summed E-state index contributed by atoms with van der Waals surface area (Å²) < 4.78 is 55.0. The minimum absolute atomic E-state index is 0.0360. The Bertz CT molecular complexity index is 1030. The molecule has 0 N–H and O–H groups in total. The molecular formula is C19H16O. The maximum atomic E-state index is 8.51. The minimum atomic E-state index is -0.397. The molecule has 0 radical (unpaired) electrons. The van der Waals surface area contributed by atoms with Crippen LogP contribution in [-0.4, -0.2) is 6.61 Å². The largest absolute Gasteiger partial charge is 0.493 e. The summed E-state index contributed by atoms with van der Waals surface area (Å²) in [6.07, 6.45) is 0.652. The van der Waals surface area contributed by atoms with Crippen LogP contribution in [0.4, 0.5) is 0 Å². The maximum Gasteiger partial charge on any atom is 0.130 e. The van der Waals surface area contributed by atoms with Crippen LogP contribution in [0, 0.1) is 0 Å². The van der Waals surface area contributed by atoms with Crippen LogP contribution in [0.15, 0.2) is 66.6 Å². The number of benzene rings is 3. The Labute approximate surface area is 127 Å². The van der Waals surface area contributed by atoms with Crippen molar-refractivity contribution in [3.63, 3.8) is 0 Å². The van der Waals surface area contributed by atoms with E-state index in [0.29, 0.717) is 24.3 Å². The fraction of sp³-hybridized carbons (Fsp3) is 0.158. The zero-order chi connectivity index (χ0) is 18.6. The van der Waals surface area contributed by atoms with E-state index >= 15 is 0 Å². The third-order valence-corrected chi connectivity index (χ3v) is 3.68. The minimum Gasteiger partial charge on any atom is -0.493 e. The van der Waals surface area contributed by atoms with E-state index in [-0.39, 0.29) is 46.9 Å². The van der Waals surface area contributed by atoms with Crippen molar-refractivity contribution < 1.29 is 13.0 Å². The highest BCUT2D eigenvalue weighted by atomic mass is 16.5. The van der Waals surface area contributed by atoms with Gasteiger partial charge in [-0.25, -0.2) is 0 Å². The lowest BCUT2D eigenvalue weighted by atomic mass is 9.85. The van der Waals surface area contributed by atoms with Crippen molar-refractivity contribution in [2.24, 2.45) is 0 Å². The zero-order valence-electron chi connectivity index (χ0n) is 16.8. The van der Waals surface area contributed by atoms with Gasteiger partial charge in [0.25, 0.3) is 0 Å². The van der Waals surface area contributed by atoms with Crippen molar-refractivity contribution in [1.29, 1.82) is 0 Å². The molecule has 3 aromatic rings. The molecular weight excluding hydrogens is 244 g/mol. The first-order valence-corrected chi connectivity index (χ1v) is 6.64. The Kier molecular flexibility index (Phi) is 1.62. The van der Waals surface area contributed by atoms with E-state index in [9.17, 15) is 0 Å². The molecule has 1 nitrogen and oxygen atoms in total. The predicted molar refractivity (Wildman–Crippen MR) is 82.3 cm³/mol. The van der Waals surface area contributed by atoms with Crippen molar-refractivity contribution in [2.75, 3.05) is 6.61 Å². The summed E-state index contributed by atoms with van der Waals surface area (Å²) in [4.78, 5) is 0. The predicted octanol–water partition coefficient (Wildman–Crippen LogP) is 4.75. The van der Waals surface area contributed by atoms with Crippen molar-refractivity contribution in [3.8, 4) is 5.75 Å². The van der Waals surface area contributed by atoms with Crippen LogP contribution in [0.3, 0.4) is 0 Å². The molecule has 1 unspecified atom stereocenters. The first-order chi connectivity index (χ1) is 12.4. The first-order valence-electron chi connectivity index (χ1n) is 9.64. The summed E-state index contributed by atoms with van der Waals surface area (Å²) in [7, 11) is 0. The quantitative estimate of drug-likeness (QED) is 0.617. The van der Waals surface area contributed by atoms with E-state index in [1.54, 1.807) is 0 Å². The van der Waals surface area contributed by atoms with Gasteiger partial charge >= 0.3 is 0 Å². The third-order valence-electron chi connectivity index (χ3n) is 3.68. The number of hydrogen-bond acceptors (Lipinski definition) is 1. The molecule has 0 fully saturated rings. The zero-order valence-corrected chi connectivity index (χ0v) is 10.8. The third kappa shape index (κ3) is 1.78. The fourth-order valence-electron chi connectivity index (χ4n) is 2.73. The summed E-state index contributed by atoms with van der Waals surface area (Å²) >= 11 is 0. The molecule has 0 saturated carbocycles. The molecule has 0 amide bonds. The highest BCUT2D eigenvalue weighted by Gasteiger charge is 2.24. The summed E-state index contributed by atoms with van der Waals surface area (Å²) in [6.45, 7) is 0.390. The molecule has 1 heterocycles. The molecule has 0 aliphatic carbocycles. The van der Waals surface area contributed by atoms with E-state index < -0.39 is 6.04 Å². The first kappa shape index (κ1) is 6.94. The van der Waals surface area contributed by atoms with Crippen molar-refractivity contribution >= 4 is 10.8 Å². The molecule has 0 bridgehead atoms. The number of fused-ring (bicyclic) bond motifs is 3. The summed E-state index contributed by atoms with van der Waals surface area (Å²) in [5.74, 6) is 0.174. The SMILES string of the molecule is [2H]c1c([2H])c([2H])c2c3c(c([2H])c([2H])c2c1[2H])C(c1ccccc1)CCO3.